The largest absolute Gasteiger partial charge is 0.435 e. The van der Waals surface area contributed by atoms with Gasteiger partial charge in [-0.2, -0.15) is 18.3 Å². The summed E-state index contributed by atoms with van der Waals surface area (Å²) in [5, 5.41) is 9.69. The number of hydrogen-bond acceptors (Lipinski definition) is 5. The summed E-state index contributed by atoms with van der Waals surface area (Å²) >= 11 is 0. The molecule has 140 valence electrons. The van der Waals surface area contributed by atoms with Crippen molar-refractivity contribution in [3.63, 3.8) is 0 Å². The average molecular weight is 377 g/mol. The van der Waals surface area contributed by atoms with E-state index in [9.17, 15) is 18.0 Å². The van der Waals surface area contributed by atoms with Crippen LogP contribution in [-0.4, -0.2) is 25.8 Å². The molecule has 10 heteroatoms. The number of nitrogens with one attached hydrogen (secondary N) is 1. The van der Waals surface area contributed by atoms with Crippen LogP contribution >= 0.6 is 0 Å². The van der Waals surface area contributed by atoms with Crippen molar-refractivity contribution in [1.82, 2.24) is 25.2 Å². The van der Waals surface area contributed by atoms with Crippen molar-refractivity contribution in [2.24, 2.45) is 7.05 Å². The third-order valence-electron chi connectivity index (χ3n) is 3.67. The van der Waals surface area contributed by atoms with Gasteiger partial charge in [0.2, 0.25) is 0 Å². The van der Waals surface area contributed by atoms with Gasteiger partial charge in [0.15, 0.2) is 11.5 Å². The summed E-state index contributed by atoms with van der Waals surface area (Å²) in [5.74, 6) is -0.371. The van der Waals surface area contributed by atoms with E-state index in [2.05, 4.69) is 27.1 Å². The van der Waals surface area contributed by atoms with Gasteiger partial charge in [0.1, 0.15) is 11.4 Å². The van der Waals surface area contributed by atoms with Crippen molar-refractivity contribution in [1.29, 1.82) is 0 Å². The lowest BCUT2D eigenvalue weighted by Crippen LogP contribution is -2.24. The average Bonchev–Trinajstić information content (AvgIpc) is 3.26. The molecule has 0 aliphatic carbocycles. The normalized spacial score (nSPS) is 11.4. The van der Waals surface area contributed by atoms with Crippen LogP contribution in [0.3, 0.4) is 0 Å². The molecule has 0 saturated carbocycles. The molecule has 1 amide bonds. The van der Waals surface area contributed by atoms with Crippen LogP contribution in [0.2, 0.25) is 0 Å². The molecule has 3 aromatic rings. The van der Waals surface area contributed by atoms with E-state index < -0.39 is 17.8 Å². The minimum Gasteiger partial charge on any atom is -0.359 e. The van der Waals surface area contributed by atoms with Crippen LogP contribution in [0.5, 0.6) is 0 Å². The van der Waals surface area contributed by atoms with E-state index >= 15 is 0 Å². The highest BCUT2D eigenvalue weighted by molar-refractivity contribution is 5.92. The van der Waals surface area contributed by atoms with Crippen LogP contribution in [0.15, 0.2) is 41.6 Å². The molecule has 27 heavy (non-hydrogen) atoms. The Morgan fingerprint density at radius 2 is 2.15 bits per heavy atom. The Balaban J connectivity index is 1.69. The van der Waals surface area contributed by atoms with Crippen molar-refractivity contribution in [2.45, 2.75) is 12.7 Å². The second kappa shape index (κ2) is 7.06. The van der Waals surface area contributed by atoms with Crippen LogP contribution in [-0.2, 0) is 19.8 Å². The number of alkyl halides is 3. The lowest BCUT2D eigenvalue weighted by atomic mass is 10.1. The number of amides is 1. The Bertz CT molecular complexity index is 991. The van der Waals surface area contributed by atoms with E-state index in [1.807, 2.05) is 0 Å². The van der Waals surface area contributed by atoms with E-state index in [1.165, 1.54) is 7.05 Å². The van der Waals surface area contributed by atoms with Crippen molar-refractivity contribution in [3.05, 3.63) is 59.9 Å². The van der Waals surface area contributed by atoms with E-state index in [0.717, 1.165) is 10.2 Å². The fourth-order valence-electron chi connectivity index (χ4n) is 2.33. The summed E-state index contributed by atoms with van der Waals surface area (Å²) in [6, 6.07) is 5.81. The first-order valence-electron chi connectivity index (χ1n) is 7.72. The van der Waals surface area contributed by atoms with Gasteiger partial charge in [-0.3, -0.25) is 14.5 Å². The van der Waals surface area contributed by atoms with E-state index in [4.69, 9.17) is 4.52 Å². The minimum atomic E-state index is -4.62. The summed E-state index contributed by atoms with van der Waals surface area (Å²) in [5.41, 5.74) is 0.606. The van der Waals surface area contributed by atoms with Crippen molar-refractivity contribution in [2.75, 3.05) is 0 Å². The van der Waals surface area contributed by atoms with Gasteiger partial charge in [-0.05, 0) is 18.2 Å². The number of carbonyl (C=O) groups excluding carboxylic acids is 1. The van der Waals surface area contributed by atoms with Gasteiger partial charge < -0.3 is 9.84 Å². The molecule has 1 N–H and O–H groups in total. The molecule has 0 saturated heterocycles. The van der Waals surface area contributed by atoms with Crippen LogP contribution in [0.25, 0.3) is 17.3 Å². The molecule has 0 fully saturated rings. The Hall–Kier alpha value is -3.43. The molecular weight excluding hydrogens is 363 g/mol. The standard InChI is InChI=1S/C17H14F3N5O2/c1-3-11-6-10(4-5-21-11)13-7-12(27-24-13)9-22-16(26)14-8-15(17(18,19)20)23-25(14)2/h3-8H,1,9H2,2H3,(H,22,26). The Morgan fingerprint density at radius 1 is 1.37 bits per heavy atom. The van der Waals surface area contributed by atoms with Crippen molar-refractivity contribution >= 4 is 12.0 Å². The zero-order valence-electron chi connectivity index (χ0n) is 14.1. The second-order valence-corrected chi connectivity index (χ2v) is 5.57. The van der Waals surface area contributed by atoms with Crippen LogP contribution < -0.4 is 5.32 Å². The molecular formula is C17H14F3N5O2. The van der Waals surface area contributed by atoms with Gasteiger partial charge >= 0.3 is 6.18 Å². The lowest BCUT2D eigenvalue weighted by molar-refractivity contribution is -0.141. The van der Waals surface area contributed by atoms with Gasteiger partial charge in [-0.1, -0.05) is 11.7 Å². The molecule has 0 aliphatic rings. The zero-order chi connectivity index (χ0) is 19.6. The highest BCUT2D eigenvalue weighted by Crippen LogP contribution is 2.28. The monoisotopic (exact) mass is 377 g/mol. The fraction of sp³-hybridized carbons (Fsp3) is 0.176. The SMILES string of the molecule is C=Cc1cc(-c2cc(CNC(=O)c3cc(C(F)(F)F)nn3C)on2)ccn1. The first-order valence-corrected chi connectivity index (χ1v) is 7.72. The predicted molar refractivity (Wildman–Crippen MR) is 89.2 cm³/mol. The molecule has 3 rings (SSSR count). The van der Waals surface area contributed by atoms with Crippen LogP contribution in [0, 0.1) is 0 Å². The number of carbonyl (C=O) groups is 1. The fourth-order valence-corrected chi connectivity index (χ4v) is 2.33. The summed E-state index contributed by atoms with van der Waals surface area (Å²) < 4.78 is 44.0. The molecule has 3 heterocycles. The molecule has 0 radical (unpaired) electrons. The molecule has 0 aliphatic heterocycles. The maximum absolute atomic E-state index is 12.7. The van der Waals surface area contributed by atoms with Crippen LogP contribution in [0.1, 0.15) is 27.6 Å². The highest BCUT2D eigenvalue weighted by Gasteiger charge is 2.35. The molecule has 7 nitrogen and oxygen atoms in total. The number of nitrogens with zero attached hydrogens (tertiary/aromatic N) is 4. The molecule has 0 spiro atoms. The van der Waals surface area contributed by atoms with Gasteiger partial charge in [0, 0.05) is 30.9 Å². The van der Waals surface area contributed by atoms with Gasteiger partial charge in [0.25, 0.3) is 5.91 Å². The summed E-state index contributed by atoms with van der Waals surface area (Å²) in [4.78, 5) is 16.2. The molecule has 0 unspecified atom stereocenters. The number of aryl methyl sites for hydroxylation is 1. The van der Waals surface area contributed by atoms with Crippen LogP contribution in [0.4, 0.5) is 13.2 Å². The van der Waals surface area contributed by atoms with E-state index in [-0.39, 0.29) is 12.2 Å². The number of hydrogen-bond donors (Lipinski definition) is 1. The van der Waals surface area contributed by atoms with Crippen molar-refractivity contribution in [3.8, 4) is 11.3 Å². The van der Waals surface area contributed by atoms with Gasteiger partial charge in [-0.15, -0.1) is 0 Å². The summed E-state index contributed by atoms with van der Waals surface area (Å²) in [7, 11) is 1.26. The molecule has 3 aromatic heterocycles. The predicted octanol–water partition coefficient (Wildman–Crippen LogP) is 3.06. The number of rotatable bonds is 5. The third-order valence-corrected chi connectivity index (χ3v) is 3.67. The maximum Gasteiger partial charge on any atom is 0.435 e. The Kier molecular flexibility index (Phi) is 4.80. The Labute approximate surface area is 151 Å². The quantitative estimate of drug-likeness (QED) is 0.739. The third kappa shape index (κ3) is 4.05. The van der Waals surface area contributed by atoms with E-state index in [1.54, 1.807) is 30.5 Å². The topological polar surface area (TPSA) is 85.8 Å². The first kappa shape index (κ1) is 18.4. The Morgan fingerprint density at radius 3 is 2.81 bits per heavy atom. The summed E-state index contributed by atoms with van der Waals surface area (Å²) in [6.45, 7) is 3.60. The zero-order valence-corrected chi connectivity index (χ0v) is 14.1. The smallest absolute Gasteiger partial charge is 0.359 e. The highest BCUT2D eigenvalue weighted by atomic mass is 19.4. The molecule has 0 aromatic carbocycles. The van der Waals surface area contributed by atoms with Gasteiger partial charge in [-0.25, -0.2) is 0 Å². The minimum absolute atomic E-state index is 0.0439. The molecule has 0 atom stereocenters. The lowest BCUT2D eigenvalue weighted by Gasteiger charge is -2.02. The first-order chi connectivity index (χ1) is 12.8. The number of pyridine rings is 1. The second-order valence-electron chi connectivity index (χ2n) is 5.57. The summed E-state index contributed by atoms with van der Waals surface area (Å²) in [6.07, 6.45) is -1.43. The van der Waals surface area contributed by atoms with E-state index in [0.29, 0.717) is 23.2 Å². The van der Waals surface area contributed by atoms with Gasteiger partial charge in [0.05, 0.1) is 12.2 Å². The number of aromatic nitrogens is 4. The number of halogens is 3. The maximum atomic E-state index is 12.7. The van der Waals surface area contributed by atoms with Crippen molar-refractivity contribution < 1.29 is 22.5 Å². The molecule has 0 bridgehead atoms.